The van der Waals surface area contributed by atoms with E-state index in [-0.39, 0.29) is 0 Å². The number of carbonyl (C=O) groups is 1. The van der Waals surface area contributed by atoms with Crippen LogP contribution in [0.1, 0.15) is 20.9 Å². The first kappa shape index (κ1) is 11.5. The number of nitrogens with zero attached hydrogens (tertiary/aromatic N) is 2. The van der Waals surface area contributed by atoms with Crippen LogP contribution in [0.15, 0.2) is 18.2 Å². The first-order valence-electron chi connectivity index (χ1n) is 4.97. The number of aryl methyl sites for hydroxylation is 2. The van der Waals surface area contributed by atoms with Crippen molar-refractivity contribution < 1.29 is 9.90 Å². The molecular formula is C11H11N3O2S. The number of aromatic carboxylic acids is 1. The van der Waals surface area contributed by atoms with Gasteiger partial charge in [0.2, 0.25) is 5.13 Å². The van der Waals surface area contributed by atoms with Gasteiger partial charge in [0.15, 0.2) is 0 Å². The Balaban J connectivity index is 2.23. The lowest BCUT2D eigenvalue weighted by molar-refractivity contribution is 0.0696. The summed E-state index contributed by atoms with van der Waals surface area (Å²) in [6, 6.07) is 5.07. The number of hydrogen-bond donors (Lipinski definition) is 2. The zero-order valence-corrected chi connectivity index (χ0v) is 10.2. The molecule has 17 heavy (non-hydrogen) atoms. The SMILES string of the molecule is Cc1nnc(Nc2ccc(C(=O)O)c(C)c2)s1. The Kier molecular flexibility index (Phi) is 3.06. The molecule has 1 heterocycles. The van der Waals surface area contributed by atoms with Crippen LogP contribution in [0, 0.1) is 13.8 Å². The molecule has 0 aliphatic heterocycles. The van der Waals surface area contributed by atoms with Crippen LogP contribution < -0.4 is 5.32 Å². The van der Waals surface area contributed by atoms with Crippen LogP contribution in [0.4, 0.5) is 10.8 Å². The molecule has 0 aliphatic rings. The van der Waals surface area contributed by atoms with E-state index in [1.807, 2.05) is 6.92 Å². The zero-order valence-electron chi connectivity index (χ0n) is 9.39. The quantitative estimate of drug-likeness (QED) is 0.874. The highest BCUT2D eigenvalue weighted by Gasteiger charge is 2.08. The molecule has 2 rings (SSSR count). The number of anilines is 2. The fourth-order valence-corrected chi connectivity index (χ4v) is 2.06. The molecule has 1 aromatic heterocycles. The molecule has 0 fully saturated rings. The number of benzene rings is 1. The molecule has 0 bridgehead atoms. The Bertz CT molecular complexity index is 566. The highest BCUT2D eigenvalue weighted by molar-refractivity contribution is 7.15. The molecule has 5 nitrogen and oxygen atoms in total. The predicted octanol–water partition coefficient (Wildman–Crippen LogP) is 2.60. The highest BCUT2D eigenvalue weighted by atomic mass is 32.1. The second-order valence-electron chi connectivity index (χ2n) is 3.59. The van der Waals surface area contributed by atoms with E-state index >= 15 is 0 Å². The van der Waals surface area contributed by atoms with Crippen molar-refractivity contribution in [1.82, 2.24) is 10.2 Å². The number of carboxylic acid groups (broad SMARTS) is 1. The van der Waals surface area contributed by atoms with Crippen LogP contribution in [0.2, 0.25) is 0 Å². The Hall–Kier alpha value is -1.95. The summed E-state index contributed by atoms with van der Waals surface area (Å²) in [5.74, 6) is -0.916. The molecule has 0 atom stereocenters. The summed E-state index contributed by atoms with van der Waals surface area (Å²) < 4.78 is 0. The highest BCUT2D eigenvalue weighted by Crippen LogP contribution is 2.22. The maximum Gasteiger partial charge on any atom is 0.335 e. The molecule has 88 valence electrons. The minimum Gasteiger partial charge on any atom is -0.478 e. The van der Waals surface area contributed by atoms with Crippen molar-refractivity contribution in [3.05, 3.63) is 34.3 Å². The Morgan fingerprint density at radius 3 is 2.65 bits per heavy atom. The van der Waals surface area contributed by atoms with Gasteiger partial charge in [0, 0.05) is 5.69 Å². The largest absolute Gasteiger partial charge is 0.478 e. The van der Waals surface area contributed by atoms with Gasteiger partial charge in [-0.2, -0.15) is 0 Å². The lowest BCUT2D eigenvalue weighted by Crippen LogP contribution is -2.00. The van der Waals surface area contributed by atoms with E-state index in [0.717, 1.165) is 10.7 Å². The minimum atomic E-state index is -0.916. The smallest absolute Gasteiger partial charge is 0.335 e. The third-order valence-electron chi connectivity index (χ3n) is 2.23. The normalized spacial score (nSPS) is 10.2. The maximum atomic E-state index is 10.9. The lowest BCUT2D eigenvalue weighted by Gasteiger charge is -2.05. The van der Waals surface area contributed by atoms with Crippen molar-refractivity contribution >= 4 is 28.1 Å². The summed E-state index contributed by atoms with van der Waals surface area (Å²) in [6.07, 6.45) is 0. The monoisotopic (exact) mass is 249 g/mol. The maximum absolute atomic E-state index is 10.9. The summed E-state index contributed by atoms with van der Waals surface area (Å²) >= 11 is 1.45. The zero-order chi connectivity index (χ0) is 12.4. The van der Waals surface area contributed by atoms with Gasteiger partial charge in [0.1, 0.15) is 5.01 Å². The number of rotatable bonds is 3. The minimum absolute atomic E-state index is 0.309. The van der Waals surface area contributed by atoms with E-state index in [4.69, 9.17) is 5.11 Å². The van der Waals surface area contributed by atoms with Gasteiger partial charge in [-0.3, -0.25) is 0 Å². The van der Waals surface area contributed by atoms with Crippen molar-refractivity contribution in [1.29, 1.82) is 0 Å². The molecule has 1 aromatic carbocycles. The molecule has 0 radical (unpaired) electrons. The van der Waals surface area contributed by atoms with Crippen LogP contribution in [0.25, 0.3) is 0 Å². The van der Waals surface area contributed by atoms with Crippen LogP contribution >= 0.6 is 11.3 Å². The molecular weight excluding hydrogens is 238 g/mol. The van der Waals surface area contributed by atoms with Crippen molar-refractivity contribution in [3.63, 3.8) is 0 Å². The van der Waals surface area contributed by atoms with E-state index in [1.165, 1.54) is 11.3 Å². The number of aromatic nitrogens is 2. The molecule has 2 aromatic rings. The summed E-state index contributed by atoms with van der Waals surface area (Å²) in [5.41, 5.74) is 1.83. The summed E-state index contributed by atoms with van der Waals surface area (Å²) in [5, 5.41) is 21.4. The molecule has 0 saturated heterocycles. The second kappa shape index (κ2) is 4.50. The predicted molar refractivity (Wildman–Crippen MR) is 66.1 cm³/mol. The van der Waals surface area contributed by atoms with Crippen LogP contribution in [0.3, 0.4) is 0 Å². The van der Waals surface area contributed by atoms with Gasteiger partial charge in [-0.05, 0) is 37.6 Å². The molecule has 0 aliphatic carbocycles. The third-order valence-corrected chi connectivity index (χ3v) is 2.99. The standard InChI is InChI=1S/C11H11N3O2S/c1-6-5-8(3-4-9(6)10(15)16)12-11-14-13-7(2)17-11/h3-5H,1-2H3,(H,12,14)(H,15,16). The molecule has 0 amide bonds. The van der Waals surface area contributed by atoms with Gasteiger partial charge >= 0.3 is 5.97 Å². The van der Waals surface area contributed by atoms with E-state index in [0.29, 0.717) is 16.3 Å². The number of hydrogen-bond acceptors (Lipinski definition) is 5. The number of nitrogens with one attached hydrogen (secondary N) is 1. The first-order valence-corrected chi connectivity index (χ1v) is 5.79. The van der Waals surface area contributed by atoms with E-state index < -0.39 is 5.97 Å². The van der Waals surface area contributed by atoms with Crippen LogP contribution in [-0.2, 0) is 0 Å². The van der Waals surface area contributed by atoms with Crippen molar-refractivity contribution in [3.8, 4) is 0 Å². The van der Waals surface area contributed by atoms with Gasteiger partial charge in [-0.15, -0.1) is 10.2 Å². The van der Waals surface area contributed by atoms with E-state index in [1.54, 1.807) is 25.1 Å². The van der Waals surface area contributed by atoms with Crippen molar-refractivity contribution in [2.45, 2.75) is 13.8 Å². The average molecular weight is 249 g/mol. The second-order valence-corrected chi connectivity index (χ2v) is 4.77. The average Bonchev–Trinajstić information content (AvgIpc) is 2.63. The van der Waals surface area contributed by atoms with Gasteiger partial charge in [0.05, 0.1) is 5.56 Å². The van der Waals surface area contributed by atoms with Crippen molar-refractivity contribution in [2.75, 3.05) is 5.32 Å². The fraction of sp³-hybridized carbons (Fsp3) is 0.182. The van der Waals surface area contributed by atoms with E-state index in [9.17, 15) is 4.79 Å². The van der Waals surface area contributed by atoms with Crippen LogP contribution in [-0.4, -0.2) is 21.3 Å². The van der Waals surface area contributed by atoms with Gasteiger partial charge in [0.25, 0.3) is 0 Å². The summed E-state index contributed by atoms with van der Waals surface area (Å²) in [7, 11) is 0. The molecule has 0 saturated carbocycles. The molecule has 0 unspecified atom stereocenters. The molecule has 2 N–H and O–H groups in total. The third kappa shape index (κ3) is 2.59. The fourth-order valence-electron chi connectivity index (χ4n) is 1.45. The van der Waals surface area contributed by atoms with Gasteiger partial charge in [-0.1, -0.05) is 11.3 Å². The summed E-state index contributed by atoms with van der Waals surface area (Å²) in [6.45, 7) is 3.64. The van der Waals surface area contributed by atoms with Gasteiger partial charge in [-0.25, -0.2) is 4.79 Å². The first-order chi connectivity index (χ1) is 8.06. The molecule has 0 spiro atoms. The number of carboxylic acids is 1. The topological polar surface area (TPSA) is 75.1 Å². The van der Waals surface area contributed by atoms with Crippen LogP contribution in [0.5, 0.6) is 0 Å². The Morgan fingerprint density at radius 1 is 1.35 bits per heavy atom. The Labute approximate surface area is 102 Å². The summed E-state index contributed by atoms with van der Waals surface area (Å²) in [4.78, 5) is 10.9. The van der Waals surface area contributed by atoms with E-state index in [2.05, 4.69) is 15.5 Å². The lowest BCUT2D eigenvalue weighted by atomic mass is 10.1. The molecule has 6 heteroatoms. The van der Waals surface area contributed by atoms with Gasteiger partial charge < -0.3 is 10.4 Å². The van der Waals surface area contributed by atoms with Crippen molar-refractivity contribution in [2.24, 2.45) is 0 Å². The Morgan fingerprint density at radius 2 is 2.12 bits per heavy atom.